The number of carbonyl (C=O) groups is 1. The van der Waals surface area contributed by atoms with Gasteiger partial charge in [-0.3, -0.25) is 0 Å². The molecule has 0 radical (unpaired) electrons. The van der Waals surface area contributed by atoms with Crippen molar-refractivity contribution in [1.29, 1.82) is 0 Å². The first-order valence-electron chi connectivity index (χ1n) is 6.96. The van der Waals surface area contributed by atoms with Crippen LogP contribution in [0.15, 0.2) is 18.2 Å². The molecule has 6 nitrogen and oxygen atoms in total. The van der Waals surface area contributed by atoms with E-state index in [2.05, 4.69) is 47.7 Å². The Labute approximate surface area is 123 Å². The Morgan fingerprint density at radius 2 is 2.19 bits per heavy atom. The topological polar surface area (TPSA) is 69.0 Å². The predicted octanol–water partition coefficient (Wildman–Crippen LogP) is 2.09. The molecule has 1 aliphatic heterocycles. The van der Waals surface area contributed by atoms with Gasteiger partial charge in [-0.15, -0.1) is 5.10 Å². The van der Waals surface area contributed by atoms with Crippen LogP contribution in [0.2, 0.25) is 0 Å². The van der Waals surface area contributed by atoms with Gasteiger partial charge in [-0.25, -0.2) is 9.48 Å². The molecule has 2 heterocycles. The van der Waals surface area contributed by atoms with E-state index in [-0.39, 0.29) is 11.7 Å². The van der Waals surface area contributed by atoms with Gasteiger partial charge in [0.2, 0.25) is 5.69 Å². The maximum Gasteiger partial charge on any atom is 0.362 e. The second-order valence-corrected chi connectivity index (χ2v) is 5.30. The summed E-state index contributed by atoms with van der Waals surface area (Å²) in [5.74, 6) is 0.167. The summed E-state index contributed by atoms with van der Waals surface area (Å²) in [7, 11) is 1.34. The lowest BCUT2D eigenvalue weighted by Crippen LogP contribution is -2.25. The molecule has 1 N–H and O–H groups in total. The van der Waals surface area contributed by atoms with E-state index in [9.17, 15) is 4.79 Å². The van der Waals surface area contributed by atoms with Gasteiger partial charge in [-0.2, -0.15) is 0 Å². The number of aryl methyl sites for hydroxylation is 2. The van der Waals surface area contributed by atoms with Crippen molar-refractivity contribution < 1.29 is 9.53 Å². The minimum atomic E-state index is -0.468. The lowest BCUT2D eigenvalue weighted by Gasteiger charge is -2.25. The fourth-order valence-corrected chi connectivity index (χ4v) is 2.64. The van der Waals surface area contributed by atoms with Crippen LogP contribution in [0.3, 0.4) is 0 Å². The quantitative estimate of drug-likeness (QED) is 0.856. The van der Waals surface area contributed by atoms with Crippen molar-refractivity contribution >= 4 is 11.8 Å². The molecule has 1 aromatic heterocycles. The lowest BCUT2D eigenvalue weighted by atomic mass is 9.98. The van der Waals surface area contributed by atoms with E-state index in [1.54, 1.807) is 4.68 Å². The second-order valence-electron chi connectivity index (χ2n) is 5.30. The largest absolute Gasteiger partial charge is 0.464 e. The van der Waals surface area contributed by atoms with Gasteiger partial charge in [0, 0.05) is 6.54 Å². The van der Waals surface area contributed by atoms with Crippen molar-refractivity contribution in [3.8, 4) is 0 Å². The third kappa shape index (κ3) is 2.26. The zero-order chi connectivity index (χ0) is 15.0. The Balaban J connectivity index is 2.03. The number of methoxy groups -OCH3 is 1. The highest BCUT2D eigenvalue weighted by atomic mass is 16.5. The highest BCUT2D eigenvalue weighted by molar-refractivity contribution is 5.92. The van der Waals surface area contributed by atoms with Gasteiger partial charge in [-0.1, -0.05) is 23.4 Å². The zero-order valence-electron chi connectivity index (χ0n) is 12.4. The monoisotopic (exact) mass is 286 g/mol. The van der Waals surface area contributed by atoms with E-state index >= 15 is 0 Å². The van der Waals surface area contributed by atoms with E-state index < -0.39 is 5.97 Å². The van der Waals surface area contributed by atoms with E-state index in [1.165, 1.54) is 23.8 Å². The summed E-state index contributed by atoms with van der Waals surface area (Å²) < 4.78 is 6.52. The number of fused-ring (bicyclic) bond motifs is 1. The molecule has 110 valence electrons. The molecule has 1 aliphatic rings. The van der Waals surface area contributed by atoms with Crippen LogP contribution in [-0.2, 0) is 4.74 Å². The van der Waals surface area contributed by atoms with E-state index in [0.29, 0.717) is 5.82 Å². The third-order valence-corrected chi connectivity index (χ3v) is 3.99. The first kappa shape index (κ1) is 13.6. The van der Waals surface area contributed by atoms with Crippen molar-refractivity contribution in [1.82, 2.24) is 15.0 Å². The molecule has 3 rings (SSSR count). The summed E-state index contributed by atoms with van der Waals surface area (Å²) in [6.07, 6.45) is 0.902. The van der Waals surface area contributed by atoms with Crippen molar-refractivity contribution in [2.24, 2.45) is 0 Å². The minimum absolute atomic E-state index is 0.0893. The summed E-state index contributed by atoms with van der Waals surface area (Å²) in [6.45, 7) is 4.97. The Morgan fingerprint density at radius 1 is 1.38 bits per heavy atom. The van der Waals surface area contributed by atoms with Crippen LogP contribution in [0.5, 0.6) is 0 Å². The number of esters is 1. The van der Waals surface area contributed by atoms with Gasteiger partial charge >= 0.3 is 5.97 Å². The SMILES string of the molecule is COC(=O)c1nnn2c1NCCC2c1ccc(C)c(C)c1. The average Bonchev–Trinajstić information content (AvgIpc) is 2.93. The molecule has 0 saturated heterocycles. The highest BCUT2D eigenvalue weighted by Gasteiger charge is 2.28. The molecule has 1 aromatic carbocycles. The molecule has 6 heteroatoms. The molecule has 2 aromatic rings. The van der Waals surface area contributed by atoms with Gasteiger partial charge in [-0.05, 0) is 37.0 Å². The molecule has 0 saturated carbocycles. The van der Waals surface area contributed by atoms with Crippen LogP contribution in [0.4, 0.5) is 5.82 Å². The van der Waals surface area contributed by atoms with Crippen LogP contribution < -0.4 is 5.32 Å². The van der Waals surface area contributed by atoms with Gasteiger partial charge in [0.05, 0.1) is 13.2 Å². The first-order valence-corrected chi connectivity index (χ1v) is 6.96. The van der Waals surface area contributed by atoms with Crippen LogP contribution >= 0.6 is 0 Å². The van der Waals surface area contributed by atoms with Crippen LogP contribution in [0, 0.1) is 13.8 Å². The molecular formula is C15H18N4O2. The molecule has 0 aliphatic carbocycles. The Hall–Kier alpha value is -2.37. The number of aromatic nitrogens is 3. The number of hydrogen-bond donors (Lipinski definition) is 1. The maximum absolute atomic E-state index is 11.7. The van der Waals surface area contributed by atoms with Crippen LogP contribution in [0.1, 0.15) is 39.6 Å². The zero-order valence-corrected chi connectivity index (χ0v) is 12.4. The normalized spacial score (nSPS) is 17.0. The number of anilines is 1. The fourth-order valence-electron chi connectivity index (χ4n) is 2.64. The van der Waals surface area contributed by atoms with Crippen molar-refractivity contribution in [2.75, 3.05) is 19.0 Å². The predicted molar refractivity (Wildman–Crippen MR) is 78.5 cm³/mol. The Kier molecular flexibility index (Phi) is 3.37. The summed E-state index contributed by atoms with van der Waals surface area (Å²) >= 11 is 0. The molecular weight excluding hydrogens is 268 g/mol. The molecule has 21 heavy (non-hydrogen) atoms. The molecule has 0 fully saturated rings. The third-order valence-electron chi connectivity index (χ3n) is 3.99. The molecule has 0 bridgehead atoms. The maximum atomic E-state index is 11.7. The van der Waals surface area contributed by atoms with Crippen molar-refractivity contribution in [3.05, 3.63) is 40.6 Å². The molecule has 1 atom stereocenters. The molecule has 0 spiro atoms. The van der Waals surface area contributed by atoms with Gasteiger partial charge in [0.15, 0.2) is 5.82 Å². The number of benzene rings is 1. The minimum Gasteiger partial charge on any atom is -0.464 e. The smallest absolute Gasteiger partial charge is 0.362 e. The summed E-state index contributed by atoms with van der Waals surface area (Å²) in [5.41, 5.74) is 3.94. The lowest BCUT2D eigenvalue weighted by molar-refractivity contribution is 0.0595. The van der Waals surface area contributed by atoms with Gasteiger partial charge in [0.25, 0.3) is 0 Å². The van der Waals surface area contributed by atoms with E-state index in [0.717, 1.165) is 13.0 Å². The number of hydrogen-bond acceptors (Lipinski definition) is 5. The van der Waals surface area contributed by atoms with Crippen LogP contribution in [-0.4, -0.2) is 34.6 Å². The van der Waals surface area contributed by atoms with Crippen molar-refractivity contribution in [2.45, 2.75) is 26.3 Å². The Bertz CT molecular complexity index is 693. The van der Waals surface area contributed by atoms with Gasteiger partial charge < -0.3 is 10.1 Å². The molecule has 0 amide bonds. The average molecular weight is 286 g/mol. The Morgan fingerprint density at radius 3 is 2.90 bits per heavy atom. The second kappa shape index (κ2) is 5.20. The number of rotatable bonds is 2. The molecule has 1 unspecified atom stereocenters. The van der Waals surface area contributed by atoms with Crippen molar-refractivity contribution in [3.63, 3.8) is 0 Å². The fraction of sp³-hybridized carbons (Fsp3) is 0.400. The number of ether oxygens (including phenoxy) is 1. The highest BCUT2D eigenvalue weighted by Crippen LogP contribution is 2.31. The van der Waals surface area contributed by atoms with Gasteiger partial charge in [0.1, 0.15) is 0 Å². The van der Waals surface area contributed by atoms with E-state index in [4.69, 9.17) is 4.74 Å². The summed E-state index contributed by atoms with van der Waals surface area (Å²) in [4.78, 5) is 11.7. The summed E-state index contributed by atoms with van der Waals surface area (Å²) in [6, 6.07) is 6.49. The van der Waals surface area contributed by atoms with Crippen LogP contribution in [0.25, 0.3) is 0 Å². The number of nitrogens with zero attached hydrogens (tertiary/aromatic N) is 3. The first-order chi connectivity index (χ1) is 10.1. The number of nitrogens with one attached hydrogen (secondary N) is 1. The van der Waals surface area contributed by atoms with E-state index in [1.807, 2.05) is 0 Å². The number of carbonyl (C=O) groups excluding carboxylic acids is 1. The standard InChI is InChI=1S/C15H18N4O2/c1-9-4-5-11(8-10(9)2)12-6-7-16-14-13(15(20)21-3)17-18-19(12)14/h4-5,8,12,16H,6-7H2,1-3H3. The summed E-state index contributed by atoms with van der Waals surface area (Å²) in [5, 5.41) is 11.3.